The van der Waals surface area contributed by atoms with Crippen LogP contribution in [0.1, 0.15) is 22.6 Å². The molecule has 1 aromatic heterocycles. The highest BCUT2D eigenvalue weighted by Crippen LogP contribution is 2.21. The topological polar surface area (TPSA) is 76.5 Å². The van der Waals surface area contributed by atoms with Gasteiger partial charge in [0, 0.05) is 12.8 Å². The number of benzene rings is 2. The molecule has 6 nitrogen and oxygen atoms in total. The van der Waals surface area contributed by atoms with Crippen LogP contribution >= 0.6 is 11.3 Å². The van der Waals surface area contributed by atoms with Crippen LogP contribution in [0.5, 0.6) is 0 Å². The van der Waals surface area contributed by atoms with Crippen LogP contribution in [0, 0.1) is 0 Å². The molecule has 1 amide bonds. The molecule has 0 unspecified atom stereocenters. The molecule has 0 radical (unpaired) electrons. The molecule has 3 aromatic rings. The van der Waals surface area contributed by atoms with Gasteiger partial charge in [-0.05, 0) is 11.1 Å². The zero-order valence-electron chi connectivity index (χ0n) is 13.8. The Kier molecular flexibility index (Phi) is 4.70. The van der Waals surface area contributed by atoms with E-state index in [1.54, 1.807) is 0 Å². The maximum Gasteiger partial charge on any atom is 0.270 e. The van der Waals surface area contributed by atoms with Crippen LogP contribution in [-0.2, 0) is 16.1 Å². The molecule has 0 bridgehead atoms. The van der Waals surface area contributed by atoms with Gasteiger partial charge in [-0.3, -0.25) is 10.1 Å². The number of oxime groups is 1. The minimum absolute atomic E-state index is 0.262. The number of carbonyl (C=O) groups is 1. The van der Waals surface area contributed by atoms with Gasteiger partial charge in [-0.2, -0.15) is 0 Å². The number of hydrogen-bond acceptors (Lipinski definition) is 6. The Labute approximate surface area is 154 Å². The minimum atomic E-state index is -0.647. The Morgan fingerprint density at radius 3 is 2.58 bits per heavy atom. The van der Waals surface area contributed by atoms with Crippen molar-refractivity contribution in [1.82, 2.24) is 10.2 Å². The molecule has 4 rings (SSSR count). The van der Waals surface area contributed by atoms with Gasteiger partial charge < -0.3 is 4.84 Å². The fourth-order valence-corrected chi connectivity index (χ4v) is 3.43. The van der Waals surface area contributed by atoms with Crippen LogP contribution in [0.3, 0.4) is 0 Å². The van der Waals surface area contributed by atoms with Gasteiger partial charge in [-0.15, -0.1) is 10.2 Å². The van der Waals surface area contributed by atoms with Gasteiger partial charge in [0.2, 0.25) is 11.2 Å². The monoisotopic (exact) mass is 364 g/mol. The second-order valence-electron chi connectivity index (χ2n) is 5.85. The molecular weight excluding hydrogens is 348 g/mol. The molecule has 2 heterocycles. The molecular formula is C19H16N4O2S. The lowest BCUT2D eigenvalue weighted by Crippen LogP contribution is -2.28. The Morgan fingerprint density at radius 1 is 1.08 bits per heavy atom. The molecule has 0 aliphatic carbocycles. The van der Waals surface area contributed by atoms with Crippen LogP contribution in [0.4, 0.5) is 5.13 Å². The first-order valence-corrected chi connectivity index (χ1v) is 9.05. The summed E-state index contributed by atoms with van der Waals surface area (Å²) in [6, 6.07) is 19.7. The van der Waals surface area contributed by atoms with E-state index in [2.05, 4.69) is 20.7 Å². The van der Waals surface area contributed by atoms with Crippen LogP contribution in [0.25, 0.3) is 0 Å². The summed E-state index contributed by atoms with van der Waals surface area (Å²) in [5.41, 5.74) is 2.89. The van der Waals surface area contributed by atoms with Crippen molar-refractivity contribution >= 4 is 28.1 Å². The van der Waals surface area contributed by atoms with E-state index in [1.807, 2.05) is 60.7 Å². The average molecular weight is 364 g/mol. The Balaban J connectivity index is 1.35. The molecule has 1 atom stereocenters. The molecule has 1 aliphatic rings. The van der Waals surface area contributed by atoms with Crippen molar-refractivity contribution in [3.05, 3.63) is 76.8 Å². The van der Waals surface area contributed by atoms with Crippen molar-refractivity contribution in [2.75, 3.05) is 5.32 Å². The van der Waals surface area contributed by atoms with Crippen molar-refractivity contribution in [2.45, 2.75) is 18.9 Å². The predicted molar refractivity (Wildman–Crippen MR) is 100 cm³/mol. The standard InChI is InChI=1S/C19H16N4O2S/c24-18(16-12-15(23-25-16)14-9-5-2-6-10-14)20-19-22-21-17(26-19)11-13-7-3-1-4-8-13/h1-10,16H,11-12H2,(H,20,22,24)/t16-/m0/s1. The number of nitrogens with one attached hydrogen (secondary N) is 1. The highest BCUT2D eigenvalue weighted by Gasteiger charge is 2.29. The Morgan fingerprint density at radius 2 is 1.81 bits per heavy atom. The summed E-state index contributed by atoms with van der Waals surface area (Å²) >= 11 is 1.36. The summed E-state index contributed by atoms with van der Waals surface area (Å²) in [4.78, 5) is 17.7. The maximum absolute atomic E-state index is 12.4. The number of nitrogens with zero attached hydrogens (tertiary/aromatic N) is 3. The van der Waals surface area contributed by atoms with E-state index in [1.165, 1.54) is 11.3 Å². The Hall–Kier alpha value is -3.06. The van der Waals surface area contributed by atoms with E-state index in [0.29, 0.717) is 18.0 Å². The Bertz CT molecular complexity index is 925. The molecule has 7 heteroatoms. The zero-order chi connectivity index (χ0) is 17.8. The lowest BCUT2D eigenvalue weighted by molar-refractivity contribution is -0.125. The fourth-order valence-electron chi connectivity index (χ4n) is 2.65. The number of carbonyl (C=O) groups excluding carboxylic acids is 1. The quantitative estimate of drug-likeness (QED) is 0.754. The summed E-state index contributed by atoms with van der Waals surface area (Å²) in [6.07, 6.45) is 0.479. The van der Waals surface area contributed by atoms with Crippen LogP contribution in [0.2, 0.25) is 0 Å². The average Bonchev–Trinajstić information content (AvgIpc) is 3.33. The molecule has 0 spiro atoms. The van der Waals surface area contributed by atoms with Crippen molar-refractivity contribution in [3.63, 3.8) is 0 Å². The summed E-state index contributed by atoms with van der Waals surface area (Å²) in [5.74, 6) is -0.262. The third-order valence-corrected chi connectivity index (χ3v) is 4.80. The first-order valence-electron chi connectivity index (χ1n) is 8.23. The second kappa shape index (κ2) is 7.45. The van der Waals surface area contributed by atoms with Gasteiger partial charge in [0.15, 0.2) is 0 Å². The fraction of sp³-hybridized carbons (Fsp3) is 0.158. The highest BCUT2D eigenvalue weighted by molar-refractivity contribution is 7.15. The molecule has 0 fully saturated rings. The van der Waals surface area contributed by atoms with E-state index >= 15 is 0 Å². The third kappa shape index (κ3) is 3.78. The van der Waals surface area contributed by atoms with Gasteiger partial charge in [0.1, 0.15) is 5.01 Å². The molecule has 0 saturated carbocycles. The normalized spacial score (nSPS) is 16.0. The first-order chi connectivity index (χ1) is 12.8. The van der Waals surface area contributed by atoms with Gasteiger partial charge in [0.25, 0.3) is 5.91 Å². The van der Waals surface area contributed by atoms with Crippen molar-refractivity contribution < 1.29 is 9.63 Å². The van der Waals surface area contributed by atoms with Gasteiger partial charge in [0.05, 0.1) is 5.71 Å². The zero-order valence-corrected chi connectivity index (χ0v) is 14.6. The summed E-state index contributed by atoms with van der Waals surface area (Å²) < 4.78 is 0. The van der Waals surface area contributed by atoms with Gasteiger partial charge >= 0.3 is 0 Å². The number of hydrogen-bond donors (Lipinski definition) is 1. The van der Waals surface area contributed by atoms with E-state index in [0.717, 1.165) is 21.8 Å². The van der Waals surface area contributed by atoms with Crippen molar-refractivity contribution in [3.8, 4) is 0 Å². The molecule has 0 saturated heterocycles. The maximum atomic E-state index is 12.4. The van der Waals surface area contributed by atoms with E-state index < -0.39 is 6.10 Å². The second-order valence-corrected chi connectivity index (χ2v) is 6.92. The molecule has 130 valence electrons. The summed E-state index contributed by atoms with van der Waals surface area (Å²) in [7, 11) is 0. The smallest absolute Gasteiger partial charge is 0.270 e. The van der Waals surface area contributed by atoms with Crippen molar-refractivity contribution in [2.24, 2.45) is 5.16 Å². The van der Waals surface area contributed by atoms with Crippen LogP contribution in [0.15, 0.2) is 65.8 Å². The molecule has 1 N–H and O–H groups in total. The minimum Gasteiger partial charge on any atom is -0.382 e. The van der Waals surface area contributed by atoms with Gasteiger partial charge in [-0.1, -0.05) is 77.2 Å². The lowest BCUT2D eigenvalue weighted by Gasteiger charge is -2.06. The van der Waals surface area contributed by atoms with Crippen LogP contribution in [-0.4, -0.2) is 27.9 Å². The van der Waals surface area contributed by atoms with Crippen LogP contribution < -0.4 is 5.32 Å². The molecule has 2 aromatic carbocycles. The number of rotatable bonds is 5. The predicted octanol–water partition coefficient (Wildman–Crippen LogP) is 3.26. The largest absolute Gasteiger partial charge is 0.382 e. The summed E-state index contributed by atoms with van der Waals surface area (Å²) in [6.45, 7) is 0. The highest BCUT2D eigenvalue weighted by atomic mass is 32.1. The number of aromatic nitrogens is 2. The summed E-state index contributed by atoms with van der Waals surface area (Å²) in [5, 5.41) is 16.3. The SMILES string of the molecule is O=C(Nc1nnc(Cc2ccccc2)s1)[C@@H]1CC(c2ccccc2)=NO1. The van der Waals surface area contributed by atoms with E-state index in [4.69, 9.17) is 4.84 Å². The lowest BCUT2D eigenvalue weighted by atomic mass is 10.1. The third-order valence-electron chi connectivity index (χ3n) is 3.96. The van der Waals surface area contributed by atoms with Crippen molar-refractivity contribution in [1.29, 1.82) is 0 Å². The number of amides is 1. The van der Waals surface area contributed by atoms with E-state index in [9.17, 15) is 4.79 Å². The molecule has 26 heavy (non-hydrogen) atoms. The molecule has 1 aliphatic heterocycles. The number of anilines is 1. The first kappa shape index (κ1) is 16.4. The van der Waals surface area contributed by atoms with Gasteiger partial charge in [-0.25, -0.2) is 0 Å². The van der Waals surface area contributed by atoms with E-state index in [-0.39, 0.29) is 5.91 Å².